The monoisotopic (exact) mass is 479 g/mol. The quantitative estimate of drug-likeness (QED) is 0.504. The van der Waals surface area contributed by atoms with E-state index in [1.54, 1.807) is 38.3 Å². The van der Waals surface area contributed by atoms with Crippen molar-refractivity contribution in [3.8, 4) is 17.2 Å². The number of benzene rings is 1. The molecule has 0 saturated carbocycles. The van der Waals surface area contributed by atoms with Crippen molar-refractivity contribution in [2.24, 2.45) is 0 Å². The lowest BCUT2D eigenvalue weighted by molar-refractivity contribution is -0.116. The average Bonchev–Trinajstić information content (AvgIpc) is 3.28. The molecule has 1 unspecified atom stereocenters. The molecule has 0 saturated heterocycles. The third kappa shape index (κ3) is 3.98. The number of aromatic nitrogens is 4. The first-order chi connectivity index (χ1) is 16.6. The van der Waals surface area contributed by atoms with Crippen LogP contribution in [0.2, 0.25) is 0 Å². The Morgan fingerprint density at radius 3 is 2.62 bits per heavy atom. The Kier molecular flexibility index (Phi) is 6.14. The van der Waals surface area contributed by atoms with E-state index in [0.717, 1.165) is 29.8 Å². The van der Waals surface area contributed by atoms with E-state index in [9.17, 15) is 4.79 Å². The second kappa shape index (κ2) is 9.38. The molecule has 5 rings (SSSR count). The van der Waals surface area contributed by atoms with Gasteiger partial charge in [0.2, 0.25) is 11.1 Å². The molecular weight excluding hydrogens is 454 g/mol. The van der Waals surface area contributed by atoms with Crippen molar-refractivity contribution < 1.29 is 19.0 Å². The fraction of sp³-hybridized carbons (Fsp3) is 0.333. The van der Waals surface area contributed by atoms with E-state index in [-0.39, 0.29) is 5.78 Å². The van der Waals surface area contributed by atoms with Gasteiger partial charge in [-0.1, -0.05) is 17.8 Å². The second-order valence-electron chi connectivity index (χ2n) is 7.92. The summed E-state index contributed by atoms with van der Waals surface area (Å²) in [5.74, 6) is 3.01. The number of hydrogen-bond donors (Lipinski definition) is 1. The van der Waals surface area contributed by atoms with Crippen molar-refractivity contribution in [2.45, 2.75) is 36.2 Å². The molecule has 2 aromatic heterocycles. The summed E-state index contributed by atoms with van der Waals surface area (Å²) < 4.78 is 18.5. The molecule has 0 amide bonds. The Morgan fingerprint density at radius 2 is 1.88 bits per heavy atom. The maximum absolute atomic E-state index is 13.1. The fourth-order valence-corrected chi connectivity index (χ4v) is 5.12. The van der Waals surface area contributed by atoms with Gasteiger partial charge in [0.15, 0.2) is 17.3 Å². The zero-order chi connectivity index (χ0) is 23.7. The predicted molar refractivity (Wildman–Crippen MR) is 128 cm³/mol. The first-order valence-electron chi connectivity index (χ1n) is 10.9. The number of rotatable bonds is 7. The molecule has 0 bridgehead atoms. The number of allylic oxidation sites excluding steroid dienone is 2. The van der Waals surface area contributed by atoms with Gasteiger partial charge >= 0.3 is 0 Å². The van der Waals surface area contributed by atoms with Crippen LogP contribution in [0.5, 0.6) is 17.2 Å². The first-order valence-corrected chi connectivity index (χ1v) is 11.9. The highest BCUT2D eigenvalue weighted by Crippen LogP contribution is 2.46. The molecule has 3 aromatic rings. The molecule has 2 aliphatic rings. The predicted octanol–water partition coefficient (Wildman–Crippen LogP) is 4.01. The van der Waals surface area contributed by atoms with Crippen LogP contribution in [-0.4, -0.2) is 46.9 Å². The minimum absolute atomic E-state index is 0.0967. The number of carbonyl (C=O) groups is 1. The van der Waals surface area contributed by atoms with E-state index in [1.807, 2.05) is 24.3 Å². The summed E-state index contributed by atoms with van der Waals surface area (Å²) in [6.45, 7) is 0. The standard InChI is InChI=1S/C24H25N5O4S/c1-31-18-12-20(33-3)19(32-2)11-15(18)22-21-16(8-6-9-17(21)30)26-23-27-24(28-29(22)23)34-13-14-7-4-5-10-25-14/h4-5,7,10-12,22H,6,8-9,13H2,1-3H3,(H,26,27,28). The number of hydrogen-bond acceptors (Lipinski definition) is 9. The highest BCUT2D eigenvalue weighted by atomic mass is 32.2. The van der Waals surface area contributed by atoms with Gasteiger partial charge in [0.05, 0.1) is 27.0 Å². The van der Waals surface area contributed by atoms with Crippen molar-refractivity contribution in [2.75, 3.05) is 26.6 Å². The Balaban J connectivity index is 1.60. The summed E-state index contributed by atoms with van der Waals surface area (Å²) in [5, 5.41) is 8.75. The summed E-state index contributed by atoms with van der Waals surface area (Å²) in [6.07, 6.45) is 3.84. The summed E-state index contributed by atoms with van der Waals surface area (Å²) >= 11 is 1.50. The molecule has 3 heterocycles. The van der Waals surface area contributed by atoms with Crippen LogP contribution in [0.25, 0.3) is 0 Å². The van der Waals surface area contributed by atoms with Gasteiger partial charge in [0, 0.05) is 41.3 Å². The van der Waals surface area contributed by atoms with Crippen molar-refractivity contribution in [3.05, 3.63) is 59.1 Å². The van der Waals surface area contributed by atoms with Gasteiger partial charge in [-0.15, -0.1) is 5.10 Å². The van der Waals surface area contributed by atoms with E-state index >= 15 is 0 Å². The molecule has 34 heavy (non-hydrogen) atoms. The molecular formula is C24H25N5O4S. The molecule has 0 spiro atoms. The van der Waals surface area contributed by atoms with Crippen LogP contribution in [0.1, 0.15) is 36.6 Å². The molecule has 176 valence electrons. The van der Waals surface area contributed by atoms with Crippen molar-refractivity contribution >= 4 is 23.5 Å². The van der Waals surface area contributed by atoms with Gasteiger partial charge in [-0.25, -0.2) is 4.68 Å². The lowest BCUT2D eigenvalue weighted by Gasteiger charge is -2.33. The van der Waals surface area contributed by atoms with E-state index in [0.29, 0.717) is 46.1 Å². The third-order valence-corrected chi connectivity index (χ3v) is 6.83. The molecule has 1 aromatic carbocycles. The van der Waals surface area contributed by atoms with Crippen molar-refractivity contribution in [1.29, 1.82) is 0 Å². The van der Waals surface area contributed by atoms with Crippen LogP contribution in [0, 0.1) is 0 Å². The molecule has 10 heteroatoms. The van der Waals surface area contributed by atoms with Crippen molar-refractivity contribution in [3.63, 3.8) is 0 Å². The smallest absolute Gasteiger partial charge is 0.227 e. The number of Topliss-reactive ketones (excluding diaryl/α,β-unsaturated/α-hetero) is 1. The van der Waals surface area contributed by atoms with Gasteiger partial charge < -0.3 is 19.5 Å². The molecule has 1 aliphatic heterocycles. The highest BCUT2D eigenvalue weighted by Gasteiger charge is 2.38. The van der Waals surface area contributed by atoms with Crippen LogP contribution in [0.15, 0.2) is 53.0 Å². The van der Waals surface area contributed by atoms with Crippen LogP contribution >= 0.6 is 11.8 Å². The number of carbonyl (C=O) groups excluding carboxylic acids is 1. The molecule has 9 nitrogen and oxygen atoms in total. The van der Waals surface area contributed by atoms with E-state index < -0.39 is 6.04 Å². The fourth-order valence-electron chi connectivity index (χ4n) is 4.37. The van der Waals surface area contributed by atoms with Gasteiger partial charge in [-0.05, 0) is 31.0 Å². The van der Waals surface area contributed by atoms with Crippen LogP contribution < -0.4 is 19.5 Å². The van der Waals surface area contributed by atoms with Gasteiger partial charge in [0.25, 0.3) is 0 Å². The summed E-state index contributed by atoms with van der Waals surface area (Å²) in [7, 11) is 4.76. The number of ketones is 1. The van der Waals surface area contributed by atoms with Crippen LogP contribution in [-0.2, 0) is 10.5 Å². The zero-order valence-corrected chi connectivity index (χ0v) is 20.0. The zero-order valence-electron chi connectivity index (χ0n) is 19.2. The molecule has 1 atom stereocenters. The van der Waals surface area contributed by atoms with Gasteiger partial charge in [-0.3, -0.25) is 9.78 Å². The number of nitrogens with zero attached hydrogens (tertiary/aromatic N) is 4. The maximum Gasteiger partial charge on any atom is 0.227 e. The normalized spacial score (nSPS) is 17.0. The number of thioether (sulfide) groups is 1. The number of methoxy groups -OCH3 is 3. The van der Waals surface area contributed by atoms with Crippen LogP contribution in [0.4, 0.5) is 5.95 Å². The van der Waals surface area contributed by atoms with E-state index in [4.69, 9.17) is 24.3 Å². The topological polar surface area (TPSA) is 100 Å². The number of ether oxygens (including phenoxy) is 3. The summed E-state index contributed by atoms with van der Waals surface area (Å²) in [6, 6.07) is 8.95. The van der Waals surface area contributed by atoms with E-state index in [1.165, 1.54) is 11.8 Å². The minimum atomic E-state index is -0.495. The Bertz CT molecular complexity index is 1260. The lowest BCUT2D eigenvalue weighted by Crippen LogP contribution is -2.31. The number of pyridine rings is 1. The van der Waals surface area contributed by atoms with Crippen LogP contribution in [0.3, 0.4) is 0 Å². The van der Waals surface area contributed by atoms with Crippen molar-refractivity contribution in [1.82, 2.24) is 19.7 Å². The second-order valence-corrected chi connectivity index (χ2v) is 8.86. The Morgan fingerprint density at radius 1 is 1.09 bits per heavy atom. The minimum Gasteiger partial charge on any atom is -0.496 e. The highest BCUT2D eigenvalue weighted by molar-refractivity contribution is 7.98. The molecule has 0 radical (unpaired) electrons. The number of fused-ring (bicyclic) bond motifs is 1. The Labute approximate surface area is 201 Å². The van der Waals surface area contributed by atoms with Gasteiger partial charge in [0.1, 0.15) is 11.8 Å². The maximum atomic E-state index is 13.1. The van der Waals surface area contributed by atoms with Gasteiger partial charge in [-0.2, -0.15) is 4.98 Å². The summed E-state index contributed by atoms with van der Waals surface area (Å²) in [5.41, 5.74) is 3.28. The summed E-state index contributed by atoms with van der Waals surface area (Å²) in [4.78, 5) is 22.2. The third-order valence-electron chi connectivity index (χ3n) is 5.95. The molecule has 1 N–H and O–H groups in total. The SMILES string of the molecule is COc1cc(OC)c(C2C3=C(CCCC3=O)Nc3nc(SCc4ccccn4)nn32)cc1OC. The molecule has 1 aliphatic carbocycles. The number of nitrogens with one attached hydrogen (secondary N) is 1. The average molecular weight is 480 g/mol. The lowest BCUT2D eigenvalue weighted by atomic mass is 9.85. The first kappa shape index (κ1) is 22.3. The largest absolute Gasteiger partial charge is 0.496 e. The Hall–Kier alpha value is -3.53. The molecule has 0 fully saturated rings. The number of anilines is 1. The van der Waals surface area contributed by atoms with E-state index in [2.05, 4.69) is 10.3 Å².